The van der Waals surface area contributed by atoms with Gasteiger partial charge in [-0.1, -0.05) is 25.7 Å². The predicted octanol–water partition coefficient (Wildman–Crippen LogP) is 0.691. The van der Waals surface area contributed by atoms with E-state index in [0.29, 0.717) is 19.5 Å². The summed E-state index contributed by atoms with van der Waals surface area (Å²) in [4.78, 5) is 11.4. The number of nitrogens with zero attached hydrogens (tertiary/aromatic N) is 1. The third kappa shape index (κ3) is 5.99. The van der Waals surface area contributed by atoms with E-state index in [-0.39, 0.29) is 12.5 Å². The van der Waals surface area contributed by atoms with E-state index in [4.69, 9.17) is 5.26 Å². The Balaban J connectivity index is 2.15. The minimum Gasteiger partial charge on any atom is -0.389 e. The average molecular weight is 253 g/mol. The van der Waals surface area contributed by atoms with Crippen molar-refractivity contribution in [2.45, 2.75) is 50.5 Å². The van der Waals surface area contributed by atoms with E-state index >= 15 is 0 Å². The molecule has 0 aromatic carbocycles. The first-order valence-electron chi connectivity index (χ1n) is 6.73. The Bertz CT molecular complexity index is 291. The summed E-state index contributed by atoms with van der Waals surface area (Å²) in [5.41, 5.74) is -0.649. The molecule has 0 aliphatic heterocycles. The van der Waals surface area contributed by atoms with Crippen LogP contribution in [-0.4, -0.2) is 36.2 Å². The summed E-state index contributed by atoms with van der Waals surface area (Å²) in [6.45, 7) is 1.06. The standard InChI is InChI=1S/C13H23N3O2/c14-8-5-9-16-12(17)10-15-11-13(18)6-3-1-2-4-7-13/h15,18H,1-7,9-11H2,(H,16,17). The van der Waals surface area contributed by atoms with Gasteiger partial charge in [0.25, 0.3) is 0 Å². The molecule has 1 fully saturated rings. The van der Waals surface area contributed by atoms with Crippen LogP contribution in [0.5, 0.6) is 0 Å². The van der Waals surface area contributed by atoms with Gasteiger partial charge in [0.1, 0.15) is 0 Å². The largest absolute Gasteiger partial charge is 0.389 e. The molecule has 1 aliphatic rings. The molecular weight excluding hydrogens is 230 g/mol. The number of nitriles is 1. The van der Waals surface area contributed by atoms with Gasteiger partial charge in [-0.3, -0.25) is 4.79 Å². The van der Waals surface area contributed by atoms with Crippen molar-refractivity contribution in [2.24, 2.45) is 0 Å². The van der Waals surface area contributed by atoms with Gasteiger partial charge in [0.05, 0.1) is 24.6 Å². The van der Waals surface area contributed by atoms with E-state index in [2.05, 4.69) is 10.6 Å². The Hall–Kier alpha value is -1.12. The summed E-state index contributed by atoms with van der Waals surface area (Å²) in [7, 11) is 0. The molecule has 18 heavy (non-hydrogen) atoms. The highest BCUT2D eigenvalue weighted by molar-refractivity contribution is 5.77. The predicted molar refractivity (Wildman–Crippen MR) is 68.8 cm³/mol. The highest BCUT2D eigenvalue weighted by Gasteiger charge is 2.27. The van der Waals surface area contributed by atoms with Gasteiger partial charge in [-0.25, -0.2) is 0 Å². The van der Waals surface area contributed by atoms with Gasteiger partial charge in [0.15, 0.2) is 0 Å². The zero-order valence-electron chi connectivity index (χ0n) is 10.9. The Morgan fingerprint density at radius 2 is 1.94 bits per heavy atom. The lowest BCUT2D eigenvalue weighted by molar-refractivity contribution is -0.120. The quantitative estimate of drug-likeness (QED) is 0.480. The minimum atomic E-state index is -0.649. The van der Waals surface area contributed by atoms with E-state index in [0.717, 1.165) is 25.7 Å². The van der Waals surface area contributed by atoms with E-state index in [1.165, 1.54) is 12.8 Å². The fourth-order valence-corrected chi connectivity index (χ4v) is 2.29. The van der Waals surface area contributed by atoms with Crippen LogP contribution in [0.25, 0.3) is 0 Å². The lowest BCUT2D eigenvalue weighted by Gasteiger charge is -2.26. The average Bonchev–Trinajstić information content (AvgIpc) is 2.55. The second-order valence-corrected chi connectivity index (χ2v) is 5.00. The SMILES string of the molecule is N#CCCNC(=O)CNCC1(O)CCCCCC1. The van der Waals surface area contributed by atoms with Gasteiger partial charge in [-0.2, -0.15) is 5.26 Å². The highest BCUT2D eigenvalue weighted by Crippen LogP contribution is 2.26. The lowest BCUT2D eigenvalue weighted by atomic mass is 9.94. The first-order chi connectivity index (χ1) is 8.66. The maximum absolute atomic E-state index is 11.4. The summed E-state index contributed by atoms with van der Waals surface area (Å²) < 4.78 is 0. The second-order valence-electron chi connectivity index (χ2n) is 5.00. The molecule has 1 amide bonds. The smallest absolute Gasteiger partial charge is 0.233 e. The molecule has 0 heterocycles. The van der Waals surface area contributed by atoms with Crippen LogP contribution in [0.2, 0.25) is 0 Å². The molecule has 0 saturated heterocycles. The van der Waals surface area contributed by atoms with Crippen molar-refractivity contribution in [3.8, 4) is 6.07 Å². The molecule has 1 aliphatic carbocycles. The molecule has 0 atom stereocenters. The van der Waals surface area contributed by atoms with Gasteiger partial charge in [0, 0.05) is 13.1 Å². The number of amides is 1. The minimum absolute atomic E-state index is 0.123. The summed E-state index contributed by atoms with van der Waals surface area (Å²) >= 11 is 0. The molecule has 0 aromatic rings. The molecule has 5 heteroatoms. The van der Waals surface area contributed by atoms with E-state index in [1.54, 1.807) is 0 Å². The van der Waals surface area contributed by atoms with Crippen LogP contribution in [-0.2, 0) is 4.79 Å². The maximum atomic E-state index is 11.4. The monoisotopic (exact) mass is 253 g/mol. The molecule has 0 radical (unpaired) electrons. The number of hydrogen-bond acceptors (Lipinski definition) is 4. The Morgan fingerprint density at radius 3 is 2.56 bits per heavy atom. The van der Waals surface area contributed by atoms with E-state index in [1.807, 2.05) is 6.07 Å². The third-order valence-electron chi connectivity index (χ3n) is 3.33. The van der Waals surface area contributed by atoms with Crippen molar-refractivity contribution in [1.29, 1.82) is 5.26 Å². The lowest BCUT2D eigenvalue weighted by Crippen LogP contribution is -2.44. The fourth-order valence-electron chi connectivity index (χ4n) is 2.29. The van der Waals surface area contributed by atoms with Crippen LogP contribution >= 0.6 is 0 Å². The van der Waals surface area contributed by atoms with Crippen LogP contribution in [0.15, 0.2) is 0 Å². The Morgan fingerprint density at radius 1 is 1.28 bits per heavy atom. The van der Waals surface area contributed by atoms with Gasteiger partial charge in [-0.05, 0) is 12.8 Å². The topological polar surface area (TPSA) is 85.2 Å². The van der Waals surface area contributed by atoms with Crippen molar-refractivity contribution in [1.82, 2.24) is 10.6 Å². The highest BCUT2D eigenvalue weighted by atomic mass is 16.3. The Kier molecular flexibility index (Phi) is 6.69. The Labute approximate surface area is 109 Å². The summed E-state index contributed by atoms with van der Waals surface area (Å²) in [5.74, 6) is -0.123. The van der Waals surface area contributed by atoms with Crippen molar-refractivity contribution in [2.75, 3.05) is 19.6 Å². The molecule has 0 aromatic heterocycles. The number of aliphatic hydroxyl groups is 1. The second kappa shape index (κ2) is 8.06. The molecule has 1 saturated carbocycles. The zero-order chi connectivity index (χ0) is 13.3. The number of rotatable bonds is 6. The van der Waals surface area contributed by atoms with Crippen molar-refractivity contribution >= 4 is 5.91 Å². The normalized spacial score (nSPS) is 18.7. The molecule has 0 spiro atoms. The van der Waals surface area contributed by atoms with Crippen LogP contribution in [0.1, 0.15) is 44.9 Å². The molecule has 102 valence electrons. The van der Waals surface area contributed by atoms with Crippen LogP contribution < -0.4 is 10.6 Å². The van der Waals surface area contributed by atoms with Crippen molar-refractivity contribution < 1.29 is 9.90 Å². The summed E-state index contributed by atoms with van der Waals surface area (Å²) in [5, 5.41) is 24.3. The van der Waals surface area contributed by atoms with Crippen molar-refractivity contribution in [3.63, 3.8) is 0 Å². The molecule has 0 bridgehead atoms. The number of nitrogens with one attached hydrogen (secondary N) is 2. The molecule has 0 unspecified atom stereocenters. The van der Waals surface area contributed by atoms with Crippen molar-refractivity contribution in [3.05, 3.63) is 0 Å². The molecular formula is C13H23N3O2. The summed E-state index contributed by atoms with van der Waals surface area (Å²) in [6, 6.07) is 1.97. The first kappa shape index (κ1) is 14.9. The molecule has 3 N–H and O–H groups in total. The third-order valence-corrected chi connectivity index (χ3v) is 3.33. The number of carbonyl (C=O) groups is 1. The van der Waals surface area contributed by atoms with E-state index < -0.39 is 5.60 Å². The van der Waals surface area contributed by atoms with Gasteiger partial charge in [-0.15, -0.1) is 0 Å². The van der Waals surface area contributed by atoms with Crippen LogP contribution in [0.3, 0.4) is 0 Å². The van der Waals surface area contributed by atoms with Crippen LogP contribution in [0.4, 0.5) is 0 Å². The first-order valence-corrected chi connectivity index (χ1v) is 6.73. The fraction of sp³-hybridized carbons (Fsp3) is 0.846. The summed E-state index contributed by atoms with van der Waals surface area (Å²) in [6.07, 6.45) is 6.47. The molecule has 5 nitrogen and oxygen atoms in total. The van der Waals surface area contributed by atoms with E-state index in [9.17, 15) is 9.90 Å². The van der Waals surface area contributed by atoms with Gasteiger partial charge >= 0.3 is 0 Å². The maximum Gasteiger partial charge on any atom is 0.233 e. The zero-order valence-corrected chi connectivity index (χ0v) is 10.9. The number of hydrogen-bond donors (Lipinski definition) is 3. The molecule has 1 rings (SSSR count). The van der Waals surface area contributed by atoms with Gasteiger partial charge < -0.3 is 15.7 Å². The number of carbonyl (C=O) groups excluding carboxylic acids is 1. The van der Waals surface area contributed by atoms with Crippen LogP contribution in [0, 0.1) is 11.3 Å². The van der Waals surface area contributed by atoms with Gasteiger partial charge in [0.2, 0.25) is 5.91 Å².